The topological polar surface area (TPSA) is 115 Å². The number of pyridine rings is 1. The van der Waals surface area contributed by atoms with Gasteiger partial charge >= 0.3 is 0 Å². The summed E-state index contributed by atoms with van der Waals surface area (Å²) in [7, 11) is -2.36. The number of hydrogen-bond acceptors (Lipinski definition) is 6. The molecule has 0 aliphatic rings. The highest BCUT2D eigenvalue weighted by Crippen LogP contribution is 2.33. The van der Waals surface area contributed by atoms with E-state index in [4.69, 9.17) is 5.14 Å². The third-order valence-electron chi connectivity index (χ3n) is 3.99. The number of aromatic nitrogens is 2. The molecule has 7 nitrogen and oxygen atoms in total. The Kier molecular flexibility index (Phi) is 5.36. The maximum absolute atomic E-state index is 12.5. The second-order valence-corrected chi connectivity index (χ2v) is 8.64. The molecule has 0 radical (unpaired) electrons. The molecule has 0 aliphatic carbocycles. The van der Waals surface area contributed by atoms with E-state index in [2.05, 4.69) is 15.3 Å². The fraction of sp³-hybridized carbons (Fsp3) is 0.167. The monoisotopic (exact) mass is 402 g/mol. The number of nitrogens with one attached hydrogen (secondary N) is 1. The molecule has 1 atom stereocenters. The minimum atomic E-state index is -3.89. The van der Waals surface area contributed by atoms with Gasteiger partial charge in [-0.3, -0.25) is 9.78 Å². The van der Waals surface area contributed by atoms with Crippen LogP contribution in [0.1, 0.15) is 22.2 Å². The minimum absolute atomic E-state index is 0.0310. The Morgan fingerprint density at radius 2 is 1.89 bits per heavy atom. The zero-order valence-corrected chi connectivity index (χ0v) is 16.3. The van der Waals surface area contributed by atoms with Gasteiger partial charge in [0.15, 0.2) is 4.21 Å². The summed E-state index contributed by atoms with van der Waals surface area (Å²) in [6.45, 7) is 1.56. The van der Waals surface area contributed by atoms with Crippen molar-refractivity contribution in [3.05, 3.63) is 64.9 Å². The van der Waals surface area contributed by atoms with Crippen LogP contribution in [0.15, 0.2) is 52.9 Å². The van der Waals surface area contributed by atoms with Crippen LogP contribution < -0.4 is 10.5 Å². The number of nitrogens with two attached hydrogens (primary N) is 1. The average Bonchev–Trinajstić information content (AvgIpc) is 3.04. The molecular formula is C18H18N4O3S2. The number of benzene rings is 1. The Bertz CT molecular complexity index is 1060. The van der Waals surface area contributed by atoms with Gasteiger partial charge in [0, 0.05) is 18.8 Å². The first-order valence-electron chi connectivity index (χ1n) is 8.04. The van der Waals surface area contributed by atoms with Crippen molar-refractivity contribution >= 4 is 27.3 Å². The summed E-state index contributed by atoms with van der Waals surface area (Å²) < 4.78 is 23.4. The van der Waals surface area contributed by atoms with Gasteiger partial charge in [-0.05, 0) is 24.6 Å². The average molecular weight is 403 g/mol. The molecule has 1 aromatic carbocycles. The van der Waals surface area contributed by atoms with E-state index in [-0.39, 0.29) is 15.8 Å². The van der Waals surface area contributed by atoms with E-state index >= 15 is 0 Å². The quantitative estimate of drug-likeness (QED) is 0.678. The van der Waals surface area contributed by atoms with Crippen LogP contribution in [0.25, 0.3) is 11.3 Å². The molecule has 3 N–H and O–H groups in total. The van der Waals surface area contributed by atoms with Crippen LogP contribution >= 0.6 is 11.3 Å². The van der Waals surface area contributed by atoms with E-state index in [0.717, 1.165) is 22.6 Å². The highest BCUT2D eigenvalue weighted by atomic mass is 32.2. The van der Waals surface area contributed by atoms with E-state index in [1.165, 1.54) is 7.05 Å². The van der Waals surface area contributed by atoms with E-state index < -0.39 is 15.9 Å². The smallest absolute Gasteiger partial charge is 0.249 e. The molecule has 0 aliphatic heterocycles. The molecule has 0 spiro atoms. The molecule has 0 saturated carbocycles. The summed E-state index contributed by atoms with van der Waals surface area (Å²) in [6, 6.07) is 13.0. The van der Waals surface area contributed by atoms with Crippen molar-refractivity contribution in [1.82, 2.24) is 15.3 Å². The number of aryl methyl sites for hydroxylation is 1. The molecule has 1 amide bonds. The molecule has 3 rings (SSSR count). The van der Waals surface area contributed by atoms with Crippen molar-refractivity contribution in [3.63, 3.8) is 0 Å². The van der Waals surface area contributed by atoms with Crippen molar-refractivity contribution in [3.8, 4) is 11.3 Å². The van der Waals surface area contributed by atoms with Crippen molar-refractivity contribution in [2.45, 2.75) is 17.1 Å². The van der Waals surface area contributed by atoms with Crippen molar-refractivity contribution < 1.29 is 13.2 Å². The van der Waals surface area contributed by atoms with Gasteiger partial charge in [-0.1, -0.05) is 30.3 Å². The first kappa shape index (κ1) is 19.2. The van der Waals surface area contributed by atoms with Crippen LogP contribution in [-0.4, -0.2) is 31.3 Å². The zero-order chi connectivity index (χ0) is 19.6. The number of hydrogen-bond donors (Lipinski definition) is 2. The lowest BCUT2D eigenvalue weighted by Gasteiger charge is -2.14. The molecule has 0 fully saturated rings. The first-order valence-corrected chi connectivity index (χ1v) is 10.4. The SMILES string of the molecule is CNC(=O)C(c1ccc(-c2ccccn2)cc1)c1nc(C)c(S(N)(=O)=O)s1. The normalized spacial score (nSPS) is 12.6. The number of sulfonamides is 1. The summed E-state index contributed by atoms with van der Waals surface area (Å²) in [4.78, 5) is 21.1. The number of primary sulfonamides is 1. The third-order valence-corrected chi connectivity index (χ3v) is 6.77. The van der Waals surface area contributed by atoms with Crippen LogP contribution in [0.3, 0.4) is 0 Å². The lowest BCUT2D eigenvalue weighted by molar-refractivity contribution is -0.121. The number of carbonyl (C=O) groups is 1. The van der Waals surface area contributed by atoms with E-state index in [1.54, 1.807) is 13.1 Å². The molecule has 0 bridgehead atoms. The van der Waals surface area contributed by atoms with Gasteiger partial charge in [-0.2, -0.15) is 0 Å². The molecule has 9 heteroatoms. The maximum Gasteiger partial charge on any atom is 0.249 e. The summed E-state index contributed by atoms with van der Waals surface area (Å²) in [5.74, 6) is -1.01. The predicted octanol–water partition coefficient (Wildman–Crippen LogP) is 2.04. The Morgan fingerprint density at radius 3 is 2.41 bits per heavy atom. The largest absolute Gasteiger partial charge is 0.358 e. The number of likely N-dealkylation sites (N-methyl/N-ethyl adjacent to an activating group) is 1. The summed E-state index contributed by atoms with van der Waals surface area (Å²) in [5.41, 5.74) is 2.72. The Balaban J connectivity index is 2.03. The number of carbonyl (C=O) groups excluding carboxylic acids is 1. The second kappa shape index (κ2) is 7.55. The van der Waals surface area contributed by atoms with Gasteiger partial charge < -0.3 is 5.32 Å². The Labute approximate surface area is 161 Å². The lowest BCUT2D eigenvalue weighted by Crippen LogP contribution is -2.26. The summed E-state index contributed by atoms with van der Waals surface area (Å²) in [5, 5.41) is 8.22. The fourth-order valence-electron chi connectivity index (χ4n) is 2.72. The molecule has 0 saturated heterocycles. The van der Waals surface area contributed by atoms with Gasteiger partial charge in [-0.15, -0.1) is 11.3 Å². The Morgan fingerprint density at radius 1 is 1.19 bits per heavy atom. The first-order chi connectivity index (χ1) is 12.8. The van der Waals surface area contributed by atoms with E-state index in [9.17, 15) is 13.2 Å². The standard InChI is InChI=1S/C18H18N4O3S2/c1-11-18(27(19,24)25)26-17(22-11)15(16(23)20-2)13-8-6-12(7-9-13)14-5-3-4-10-21-14/h3-10,15H,1-2H3,(H,20,23)(H2,19,24,25). The second-order valence-electron chi connectivity index (χ2n) is 5.85. The van der Waals surface area contributed by atoms with Gasteiger partial charge in [0.25, 0.3) is 0 Å². The van der Waals surface area contributed by atoms with Crippen LogP contribution in [0.2, 0.25) is 0 Å². The van der Waals surface area contributed by atoms with Crippen molar-refractivity contribution in [2.75, 3.05) is 7.05 Å². The number of nitrogens with zero attached hydrogens (tertiary/aromatic N) is 2. The Hall–Kier alpha value is -2.62. The van der Waals surface area contributed by atoms with Gasteiger partial charge in [-0.25, -0.2) is 18.5 Å². The number of thiazole rings is 1. The van der Waals surface area contributed by atoms with E-state index in [1.807, 2.05) is 42.5 Å². The molecule has 3 aromatic rings. The van der Waals surface area contributed by atoms with Gasteiger partial charge in [0.1, 0.15) is 10.9 Å². The summed E-state index contributed by atoms with van der Waals surface area (Å²) in [6.07, 6.45) is 1.71. The van der Waals surface area contributed by atoms with Crippen molar-refractivity contribution in [2.24, 2.45) is 5.14 Å². The molecule has 2 aromatic heterocycles. The maximum atomic E-state index is 12.5. The molecule has 140 valence electrons. The highest BCUT2D eigenvalue weighted by molar-refractivity contribution is 7.91. The lowest BCUT2D eigenvalue weighted by atomic mass is 9.97. The van der Waals surface area contributed by atoms with Crippen LogP contribution in [0, 0.1) is 6.92 Å². The van der Waals surface area contributed by atoms with Crippen LogP contribution in [-0.2, 0) is 14.8 Å². The number of amides is 1. The summed E-state index contributed by atoms with van der Waals surface area (Å²) >= 11 is 0.916. The van der Waals surface area contributed by atoms with Gasteiger partial charge in [0.05, 0.1) is 11.4 Å². The molecule has 27 heavy (non-hydrogen) atoms. The predicted molar refractivity (Wildman–Crippen MR) is 104 cm³/mol. The van der Waals surface area contributed by atoms with Crippen molar-refractivity contribution in [1.29, 1.82) is 0 Å². The highest BCUT2D eigenvalue weighted by Gasteiger charge is 2.28. The third kappa shape index (κ3) is 4.05. The van der Waals surface area contributed by atoms with Gasteiger partial charge in [0.2, 0.25) is 15.9 Å². The molecule has 1 unspecified atom stereocenters. The molecule has 2 heterocycles. The van der Waals surface area contributed by atoms with Crippen LogP contribution in [0.5, 0.6) is 0 Å². The number of rotatable bonds is 5. The van der Waals surface area contributed by atoms with Crippen LogP contribution in [0.4, 0.5) is 0 Å². The minimum Gasteiger partial charge on any atom is -0.358 e. The zero-order valence-electron chi connectivity index (χ0n) is 14.7. The fourth-order valence-corrected chi connectivity index (χ4v) is 4.83. The van der Waals surface area contributed by atoms with E-state index in [0.29, 0.717) is 10.6 Å². The molecular weight excluding hydrogens is 384 g/mol.